The summed E-state index contributed by atoms with van der Waals surface area (Å²) in [6.07, 6.45) is 1.12. The molecule has 2 N–H and O–H groups in total. The van der Waals surface area contributed by atoms with Crippen LogP contribution in [0.3, 0.4) is 0 Å². The summed E-state index contributed by atoms with van der Waals surface area (Å²) >= 11 is 0. The Labute approximate surface area is 123 Å². The predicted octanol–water partition coefficient (Wildman–Crippen LogP) is 2.61. The molecule has 1 aromatic heterocycles. The number of nitrogens with one attached hydrogen (secondary N) is 2. The molecule has 0 aliphatic carbocycles. The van der Waals surface area contributed by atoms with Gasteiger partial charge in [0, 0.05) is 31.3 Å². The Kier molecular flexibility index (Phi) is 4.74. The van der Waals surface area contributed by atoms with Crippen LogP contribution in [-0.2, 0) is 0 Å². The fraction of sp³-hybridized carbons (Fsp3) is 0.500. The summed E-state index contributed by atoms with van der Waals surface area (Å²) in [5.74, 6) is 0.642. The number of aromatic nitrogens is 2. The smallest absolute Gasteiger partial charge is 0.271 e. The summed E-state index contributed by atoms with van der Waals surface area (Å²) in [5, 5.41) is 14.0. The van der Waals surface area contributed by atoms with Gasteiger partial charge < -0.3 is 15.2 Å². The zero-order chi connectivity index (χ0) is 15.4. The largest absolute Gasteiger partial charge is 0.355 e. The molecule has 0 saturated heterocycles. The third kappa shape index (κ3) is 3.69. The first-order chi connectivity index (χ1) is 10.0. The van der Waals surface area contributed by atoms with Crippen molar-refractivity contribution in [2.75, 3.05) is 25.5 Å². The summed E-state index contributed by atoms with van der Waals surface area (Å²) in [6.45, 7) is 6.04. The zero-order valence-corrected chi connectivity index (χ0v) is 12.6. The number of hydrogen-bond acceptors (Lipinski definition) is 5. The van der Waals surface area contributed by atoms with Crippen molar-refractivity contribution in [3.05, 3.63) is 28.3 Å². The molecule has 1 atom stereocenters. The van der Waals surface area contributed by atoms with Crippen LogP contribution >= 0.6 is 0 Å². The van der Waals surface area contributed by atoms with Crippen molar-refractivity contribution in [3.63, 3.8) is 0 Å². The van der Waals surface area contributed by atoms with Gasteiger partial charge in [-0.1, -0.05) is 6.92 Å². The molecule has 2 aromatic rings. The lowest BCUT2D eigenvalue weighted by Crippen LogP contribution is -2.32. The fourth-order valence-electron chi connectivity index (χ4n) is 2.08. The Hall–Kier alpha value is -2.15. The van der Waals surface area contributed by atoms with Crippen LogP contribution in [0.2, 0.25) is 0 Å². The first kappa shape index (κ1) is 15.2. The van der Waals surface area contributed by atoms with Gasteiger partial charge in [-0.3, -0.25) is 10.1 Å². The van der Waals surface area contributed by atoms with Gasteiger partial charge in [0.15, 0.2) is 0 Å². The molecule has 0 bridgehead atoms. The van der Waals surface area contributed by atoms with Crippen LogP contribution in [0.4, 0.5) is 11.6 Å². The second kappa shape index (κ2) is 6.53. The standard InChI is InChI=1S/C14H21N5O2/c1-4-10(2)18(3)8-7-15-14-16-12-6-5-11(19(20)21)9-13(12)17-14/h5-6,9-10H,4,7-8H2,1-3H3,(H2,15,16,17). The molecule has 0 aliphatic heterocycles. The Morgan fingerprint density at radius 3 is 2.95 bits per heavy atom. The number of nitro benzene ring substituents is 1. The van der Waals surface area contributed by atoms with E-state index in [0.29, 0.717) is 17.5 Å². The molecule has 7 heteroatoms. The van der Waals surface area contributed by atoms with Gasteiger partial charge in [0.1, 0.15) is 0 Å². The Balaban J connectivity index is 1.98. The number of imidazole rings is 1. The SMILES string of the molecule is CCC(C)N(C)CCNc1nc2ccc([N+](=O)[O-])cc2[nH]1. The number of likely N-dealkylation sites (N-methyl/N-ethyl adjacent to an activating group) is 1. The topological polar surface area (TPSA) is 87.1 Å². The Morgan fingerprint density at radius 1 is 1.52 bits per heavy atom. The highest BCUT2D eigenvalue weighted by atomic mass is 16.6. The molecule has 0 aliphatic rings. The first-order valence-electron chi connectivity index (χ1n) is 7.09. The van der Waals surface area contributed by atoms with E-state index >= 15 is 0 Å². The van der Waals surface area contributed by atoms with Gasteiger partial charge >= 0.3 is 0 Å². The summed E-state index contributed by atoms with van der Waals surface area (Å²) in [5.41, 5.74) is 1.45. The number of nitro groups is 1. The van der Waals surface area contributed by atoms with Crippen molar-refractivity contribution in [3.8, 4) is 0 Å². The Bertz CT molecular complexity index is 625. The molecule has 0 amide bonds. The van der Waals surface area contributed by atoms with Crippen molar-refractivity contribution in [1.29, 1.82) is 0 Å². The maximum atomic E-state index is 10.7. The van der Waals surface area contributed by atoms with E-state index < -0.39 is 4.92 Å². The highest BCUT2D eigenvalue weighted by molar-refractivity contribution is 5.79. The van der Waals surface area contributed by atoms with Gasteiger partial charge in [0.2, 0.25) is 5.95 Å². The van der Waals surface area contributed by atoms with Crippen LogP contribution in [0.1, 0.15) is 20.3 Å². The van der Waals surface area contributed by atoms with Crippen molar-refractivity contribution in [2.24, 2.45) is 0 Å². The van der Waals surface area contributed by atoms with Gasteiger partial charge in [-0.2, -0.15) is 0 Å². The third-order valence-electron chi connectivity index (χ3n) is 3.78. The maximum absolute atomic E-state index is 10.7. The van der Waals surface area contributed by atoms with Crippen LogP contribution in [-0.4, -0.2) is 46.0 Å². The van der Waals surface area contributed by atoms with E-state index in [1.165, 1.54) is 12.1 Å². The van der Waals surface area contributed by atoms with Crippen LogP contribution in [0.5, 0.6) is 0 Å². The van der Waals surface area contributed by atoms with Crippen LogP contribution in [0.15, 0.2) is 18.2 Å². The third-order valence-corrected chi connectivity index (χ3v) is 3.78. The summed E-state index contributed by atoms with van der Waals surface area (Å²) in [6, 6.07) is 5.16. The van der Waals surface area contributed by atoms with Gasteiger partial charge in [-0.05, 0) is 26.5 Å². The van der Waals surface area contributed by atoms with Crippen molar-refractivity contribution in [2.45, 2.75) is 26.3 Å². The molecule has 0 radical (unpaired) electrons. The van der Waals surface area contributed by atoms with E-state index in [1.807, 2.05) is 0 Å². The van der Waals surface area contributed by atoms with Crippen LogP contribution in [0, 0.1) is 10.1 Å². The number of non-ortho nitro benzene ring substituents is 1. The zero-order valence-electron chi connectivity index (χ0n) is 12.6. The summed E-state index contributed by atoms with van der Waals surface area (Å²) < 4.78 is 0. The number of benzene rings is 1. The fourth-order valence-corrected chi connectivity index (χ4v) is 2.08. The highest BCUT2D eigenvalue weighted by Gasteiger charge is 2.10. The van der Waals surface area contributed by atoms with E-state index in [2.05, 4.69) is 41.1 Å². The van der Waals surface area contributed by atoms with Gasteiger partial charge in [0.25, 0.3) is 5.69 Å². The monoisotopic (exact) mass is 291 g/mol. The van der Waals surface area contributed by atoms with Gasteiger partial charge in [-0.25, -0.2) is 4.98 Å². The van der Waals surface area contributed by atoms with E-state index in [9.17, 15) is 10.1 Å². The average molecular weight is 291 g/mol. The molecule has 0 saturated carbocycles. The number of anilines is 1. The normalized spacial score (nSPS) is 12.8. The molecular formula is C14H21N5O2. The number of rotatable bonds is 7. The minimum absolute atomic E-state index is 0.0641. The molecule has 1 unspecified atom stereocenters. The molecule has 1 aromatic carbocycles. The summed E-state index contributed by atoms with van der Waals surface area (Å²) in [7, 11) is 2.10. The van der Waals surface area contributed by atoms with Crippen LogP contribution < -0.4 is 5.32 Å². The van der Waals surface area contributed by atoms with Crippen molar-refractivity contribution < 1.29 is 4.92 Å². The summed E-state index contributed by atoms with van der Waals surface area (Å²) in [4.78, 5) is 20.0. The molecule has 0 spiro atoms. The lowest BCUT2D eigenvalue weighted by Gasteiger charge is -2.23. The average Bonchev–Trinajstić information content (AvgIpc) is 2.87. The quantitative estimate of drug-likeness (QED) is 0.605. The van der Waals surface area contributed by atoms with E-state index in [0.717, 1.165) is 25.0 Å². The molecule has 21 heavy (non-hydrogen) atoms. The number of H-pyrrole nitrogens is 1. The Morgan fingerprint density at radius 2 is 2.29 bits per heavy atom. The number of hydrogen-bond donors (Lipinski definition) is 2. The predicted molar refractivity (Wildman–Crippen MR) is 83.6 cm³/mol. The molecular weight excluding hydrogens is 270 g/mol. The lowest BCUT2D eigenvalue weighted by molar-refractivity contribution is -0.384. The van der Waals surface area contributed by atoms with Crippen molar-refractivity contribution in [1.82, 2.24) is 14.9 Å². The van der Waals surface area contributed by atoms with Crippen LogP contribution in [0.25, 0.3) is 11.0 Å². The van der Waals surface area contributed by atoms with E-state index in [-0.39, 0.29) is 5.69 Å². The minimum atomic E-state index is -0.408. The molecule has 114 valence electrons. The van der Waals surface area contributed by atoms with Gasteiger partial charge in [-0.15, -0.1) is 0 Å². The second-order valence-electron chi connectivity index (χ2n) is 5.21. The number of nitrogens with zero attached hydrogens (tertiary/aromatic N) is 3. The number of aromatic amines is 1. The molecule has 0 fully saturated rings. The van der Waals surface area contributed by atoms with E-state index in [1.54, 1.807) is 6.07 Å². The lowest BCUT2D eigenvalue weighted by atomic mass is 10.2. The van der Waals surface area contributed by atoms with Gasteiger partial charge in [0.05, 0.1) is 16.0 Å². The second-order valence-corrected chi connectivity index (χ2v) is 5.21. The van der Waals surface area contributed by atoms with Crippen molar-refractivity contribution >= 4 is 22.7 Å². The number of fused-ring (bicyclic) bond motifs is 1. The van der Waals surface area contributed by atoms with E-state index in [4.69, 9.17) is 0 Å². The molecule has 7 nitrogen and oxygen atoms in total. The molecule has 2 rings (SSSR count). The molecule has 1 heterocycles. The highest BCUT2D eigenvalue weighted by Crippen LogP contribution is 2.20. The maximum Gasteiger partial charge on any atom is 0.271 e. The first-order valence-corrected chi connectivity index (χ1v) is 7.09. The minimum Gasteiger partial charge on any atom is -0.355 e.